The van der Waals surface area contributed by atoms with Crippen LogP contribution in [0.2, 0.25) is 0 Å². The third-order valence-corrected chi connectivity index (χ3v) is 5.20. The summed E-state index contributed by atoms with van der Waals surface area (Å²) in [6.45, 7) is 5.31. The van der Waals surface area contributed by atoms with Gasteiger partial charge in [0.25, 0.3) is 0 Å². The fourth-order valence-electron chi connectivity index (χ4n) is 3.64. The second-order valence-electron chi connectivity index (χ2n) is 6.70. The third kappa shape index (κ3) is 2.86. The van der Waals surface area contributed by atoms with Gasteiger partial charge in [-0.05, 0) is 24.1 Å². The number of carbonyl (C=O) groups is 1. The molecule has 1 atom stereocenters. The van der Waals surface area contributed by atoms with E-state index in [1.54, 1.807) is 4.90 Å². The first-order valence-corrected chi connectivity index (χ1v) is 8.84. The first kappa shape index (κ1) is 16.4. The highest BCUT2D eigenvalue weighted by molar-refractivity contribution is 5.95. The second kappa shape index (κ2) is 6.67. The van der Waals surface area contributed by atoms with Crippen LogP contribution in [0.15, 0.2) is 61.4 Å². The third-order valence-electron chi connectivity index (χ3n) is 5.20. The Bertz CT molecular complexity index is 947. The van der Waals surface area contributed by atoms with Gasteiger partial charge in [-0.3, -0.25) is 4.79 Å². The Morgan fingerprint density at radius 3 is 2.96 bits per heavy atom. The van der Waals surface area contributed by atoms with E-state index in [0.717, 1.165) is 41.8 Å². The fourth-order valence-corrected chi connectivity index (χ4v) is 3.64. The standard InChI is InChI=1S/C21H22N4O/c1-3-20(26)24(2)16-9-10-25(14-16)17-11-18-19(13-23-21(18)22-12-17)15-7-5-4-6-8-15/h3-8,11-13,16H,1,9-10,14H2,2H3,(H,22,23)/t16-/m0/s1. The number of fused-ring (bicyclic) bond motifs is 1. The van der Waals surface area contributed by atoms with E-state index in [1.807, 2.05) is 37.6 Å². The van der Waals surface area contributed by atoms with E-state index in [4.69, 9.17) is 0 Å². The van der Waals surface area contributed by atoms with Crippen LogP contribution in [0.25, 0.3) is 22.2 Å². The molecule has 132 valence electrons. The zero-order chi connectivity index (χ0) is 18.1. The zero-order valence-corrected chi connectivity index (χ0v) is 14.9. The Morgan fingerprint density at radius 2 is 2.19 bits per heavy atom. The number of amides is 1. The quantitative estimate of drug-likeness (QED) is 0.736. The van der Waals surface area contributed by atoms with E-state index >= 15 is 0 Å². The number of hydrogen-bond donors (Lipinski definition) is 1. The highest BCUT2D eigenvalue weighted by Crippen LogP contribution is 2.31. The van der Waals surface area contributed by atoms with Crippen molar-refractivity contribution in [1.29, 1.82) is 0 Å². The van der Waals surface area contributed by atoms with Gasteiger partial charge in [0.1, 0.15) is 5.65 Å². The van der Waals surface area contributed by atoms with Gasteiger partial charge in [0.2, 0.25) is 5.91 Å². The lowest BCUT2D eigenvalue weighted by Gasteiger charge is -2.24. The number of pyridine rings is 1. The van der Waals surface area contributed by atoms with Crippen molar-refractivity contribution in [2.75, 3.05) is 25.0 Å². The van der Waals surface area contributed by atoms with Crippen LogP contribution in [0.4, 0.5) is 5.69 Å². The molecule has 1 aliphatic heterocycles. The van der Waals surface area contributed by atoms with Crippen LogP contribution in [0.1, 0.15) is 6.42 Å². The number of likely N-dealkylation sites (N-methyl/N-ethyl adjacent to an activating group) is 1. The Morgan fingerprint density at radius 1 is 1.38 bits per heavy atom. The maximum Gasteiger partial charge on any atom is 0.246 e. The van der Waals surface area contributed by atoms with E-state index in [-0.39, 0.29) is 11.9 Å². The smallest absolute Gasteiger partial charge is 0.246 e. The van der Waals surface area contributed by atoms with Gasteiger partial charge in [0.15, 0.2) is 0 Å². The van der Waals surface area contributed by atoms with Gasteiger partial charge in [0, 0.05) is 37.3 Å². The van der Waals surface area contributed by atoms with Gasteiger partial charge in [-0.15, -0.1) is 0 Å². The van der Waals surface area contributed by atoms with E-state index in [2.05, 4.69) is 39.6 Å². The minimum Gasteiger partial charge on any atom is -0.368 e. The average molecular weight is 346 g/mol. The first-order chi connectivity index (χ1) is 12.7. The highest BCUT2D eigenvalue weighted by Gasteiger charge is 2.28. The second-order valence-corrected chi connectivity index (χ2v) is 6.70. The molecular formula is C21H22N4O. The maximum absolute atomic E-state index is 11.9. The summed E-state index contributed by atoms with van der Waals surface area (Å²) in [5, 5.41) is 1.12. The molecule has 2 aromatic heterocycles. The molecule has 0 unspecified atom stereocenters. The molecule has 3 aromatic rings. The van der Waals surface area contributed by atoms with Gasteiger partial charge in [-0.25, -0.2) is 4.98 Å². The van der Waals surface area contributed by atoms with Crippen molar-refractivity contribution in [1.82, 2.24) is 14.9 Å². The molecule has 4 rings (SSSR count). The molecule has 0 bridgehead atoms. The lowest BCUT2D eigenvalue weighted by Crippen LogP contribution is -2.38. The van der Waals surface area contributed by atoms with E-state index < -0.39 is 0 Å². The van der Waals surface area contributed by atoms with Crippen molar-refractivity contribution >= 4 is 22.6 Å². The molecule has 0 saturated carbocycles. The molecule has 0 aliphatic carbocycles. The van der Waals surface area contributed by atoms with E-state index in [1.165, 1.54) is 11.6 Å². The summed E-state index contributed by atoms with van der Waals surface area (Å²) in [5.41, 5.74) is 4.32. The number of anilines is 1. The van der Waals surface area contributed by atoms with Gasteiger partial charge in [0.05, 0.1) is 17.9 Å². The summed E-state index contributed by atoms with van der Waals surface area (Å²) in [6.07, 6.45) is 6.25. The highest BCUT2D eigenvalue weighted by atomic mass is 16.2. The molecule has 1 saturated heterocycles. The minimum atomic E-state index is -0.0255. The number of H-pyrrole nitrogens is 1. The molecule has 1 aliphatic rings. The van der Waals surface area contributed by atoms with Crippen LogP contribution in [0, 0.1) is 0 Å². The summed E-state index contributed by atoms with van der Waals surface area (Å²) >= 11 is 0. The number of rotatable bonds is 4. The van der Waals surface area contributed by atoms with Crippen molar-refractivity contribution in [3.63, 3.8) is 0 Å². The number of aromatic amines is 1. The predicted octanol–water partition coefficient (Wildman–Crippen LogP) is 3.45. The van der Waals surface area contributed by atoms with Crippen LogP contribution in [-0.2, 0) is 4.79 Å². The Balaban J connectivity index is 1.62. The summed E-state index contributed by atoms with van der Waals surface area (Å²) in [7, 11) is 1.85. The molecule has 5 heteroatoms. The van der Waals surface area contributed by atoms with Crippen LogP contribution in [-0.4, -0.2) is 47.0 Å². The summed E-state index contributed by atoms with van der Waals surface area (Å²) < 4.78 is 0. The summed E-state index contributed by atoms with van der Waals surface area (Å²) in [5.74, 6) is -0.0255. The van der Waals surface area contributed by atoms with Crippen molar-refractivity contribution in [3.05, 3.63) is 61.4 Å². The SMILES string of the molecule is C=CC(=O)N(C)[C@H]1CCN(c2cnc3[nH]cc(-c4ccccc4)c3c2)C1. The van der Waals surface area contributed by atoms with Crippen molar-refractivity contribution in [2.45, 2.75) is 12.5 Å². The molecule has 1 N–H and O–H groups in total. The molecule has 1 fully saturated rings. The Kier molecular flexibility index (Phi) is 4.21. The molecule has 1 amide bonds. The lowest BCUT2D eigenvalue weighted by atomic mass is 10.1. The van der Waals surface area contributed by atoms with Gasteiger partial charge < -0.3 is 14.8 Å². The normalized spacial score (nSPS) is 16.8. The number of hydrogen-bond acceptors (Lipinski definition) is 3. The number of carbonyl (C=O) groups excluding carboxylic acids is 1. The van der Waals surface area contributed by atoms with Gasteiger partial charge in [-0.1, -0.05) is 36.9 Å². The molecule has 3 heterocycles. The zero-order valence-electron chi connectivity index (χ0n) is 14.9. The molecule has 0 spiro atoms. The molecule has 1 aromatic carbocycles. The van der Waals surface area contributed by atoms with Crippen LogP contribution >= 0.6 is 0 Å². The van der Waals surface area contributed by atoms with Crippen molar-refractivity contribution in [3.8, 4) is 11.1 Å². The Hall–Kier alpha value is -3.08. The molecule has 5 nitrogen and oxygen atoms in total. The maximum atomic E-state index is 11.9. The van der Waals surface area contributed by atoms with E-state index in [0.29, 0.717) is 0 Å². The minimum absolute atomic E-state index is 0.0255. The number of nitrogens with one attached hydrogen (secondary N) is 1. The van der Waals surface area contributed by atoms with Gasteiger partial charge >= 0.3 is 0 Å². The molecule has 26 heavy (non-hydrogen) atoms. The number of nitrogens with zero attached hydrogens (tertiary/aromatic N) is 3. The van der Waals surface area contributed by atoms with Crippen LogP contribution < -0.4 is 4.90 Å². The topological polar surface area (TPSA) is 52.2 Å². The van der Waals surface area contributed by atoms with Gasteiger partial charge in [-0.2, -0.15) is 0 Å². The summed E-state index contributed by atoms with van der Waals surface area (Å²) in [4.78, 5) is 23.8. The van der Waals surface area contributed by atoms with Crippen molar-refractivity contribution in [2.24, 2.45) is 0 Å². The fraction of sp³-hybridized carbons (Fsp3) is 0.238. The average Bonchev–Trinajstić information content (AvgIpc) is 3.34. The number of benzene rings is 1. The first-order valence-electron chi connectivity index (χ1n) is 8.84. The van der Waals surface area contributed by atoms with Crippen LogP contribution in [0.3, 0.4) is 0 Å². The largest absolute Gasteiger partial charge is 0.368 e. The lowest BCUT2D eigenvalue weighted by molar-refractivity contribution is -0.126. The van der Waals surface area contributed by atoms with E-state index in [9.17, 15) is 4.79 Å². The Labute approximate surface area is 153 Å². The van der Waals surface area contributed by atoms with Crippen LogP contribution in [0.5, 0.6) is 0 Å². The number of aromatic nitrogens is 2. The molecule has 0 radical (unpaired) electrons. The molecular weight excluding hydrogens is 324 g/mol. The summed E-state index contributed by atoms with van der Waals surface area (Å²) in [6, 6.07) is 12.7. The monoisotopic (exact) mass is 346 g/mol. The van der Waals surface area contributed by atoms with Crippen molar-refractivity contribution < 1.29 is 4.79 Å². The predicted molar refractivity (Wildman–Crippen MR) is 105 cm³/mol.